The summed E-state index contributed by atoms with van der Waals surface area (Å²) >= 11 is 0. The van der Waals surface area contributed by atoms with E-state index in [-0.39, 0.29) is 37.1 Å². The molecular formula is C43H55NO9. The summed E-state index contributed by atoms with van der Waals surface area (Å²) in [5, 5.41) is 12.5. The fraction of sp³-hybridized carbons (Fsp3) is 0.558. The highest BCUT2D eigenvalue weighted by Gasteiger charge is 2.81. The largest absolute Gasteiger partial charge is 0.491 e. The van der Waals surface area contributed by atoms with Gasteiger partial charge in [-0.05, 0) is 93.2 Å². The van der Waals surface area contributed by atoms with Gasteiger partial charge < -0.3 is 34.1 Å². The van der Waals surface area contributed by atoms with Gasteiger partial charge in [-0.2, -0.15) is 0 Å². The first-order chi connectivity index (χ1) is 25.1. The average Bonchev–Trinajstić information content (AvgIpc) is 3.26. The van der Waals surface area contributed by atoms with Gasteiger partial charge in [0.1, 0.15) is 35.0 Å². The Kier molecular flexibility index (Phi) is 10.5. The van der Waals surface area contributed by atoms with Gasteiger partial charge >= 0.3 is 5.97 Å². The summed E-state index contributed by atoms with van der Waals surface area (Å²) in [6.07, 6.45) is 14.2. The van der Waals surface area contributed by atoms with E-state index >= 15 is 4.79 Å². The summed E-state index contributed by atoms with van der Waals surface area (Å²) in [6.45, 7) is 16.9. The monoisotopic (exact) mass is 729 g/mol. The molecule has 1 spiro atoms. The summed E-state index contributed by atoms with van der Waals surface area (Å²) in [5.74, 6) is -0.562. The topological polar surface area (TPSA) is 130 Å². The molecular weight excluding hydrogens is 674 g/mol. The van der Waals surface area contributed by atoms with E-state index in [0.29, 0.717) is 71.0 Å². The number of esters is 1. The molecule has 2 fully saturated rings. The van der Waals surface area contributed by atoms with Crippen LogP contribution in [0.3, 0.4) is 0 Å². The van der Waals surface area contributed by atoms with Gasteiger partial charge in [-0.3, -0.25) is 9.59 Å². The highest BCUT2D eigenvalue weighted by molar-refractivity contribution is 6.19. The van der Waals surface area contributed by atoms with E-state index in [2.05, 4.69) is 38.2 Å². The van der Waals surface area contributed by atoms with Crippen LogP contribution in [0.4, 0.5) is 0 Å². The minimum Gasteiger partial charge on any atom is -0.491 e. The van der Waals surface area contributed by atoms with Gasteiger partial charge in [0, 0.05) is 48.1 Å². The van der Waals surface area contributed by atoms with Crippen LogP contribution in [0.5, 0.6) is 17.2 Å². The Morgan fingerprint density at radius 1 is 1.02 bits per heavy atom. The summed E-state index contributed by atoms with van der Waals surface area (Å²) in [7, 11) is 1.32. The number of methoxy groups -OCH3 is 1. The molecule has 10 nitrogen and oxygen atoms in total. The van der Waals surface area contributed by atoms with Crippen molar-refractivity contribution in [3.63, 3.8) is 0 Å². The van der Waals surface area contributed by atoms with Crippen LogP contribution in [0.1, 0.15) is 103 Å². The van der Waals surface area contributed by atoms with E-state index in [1.54, 1.807) is 19.1 Å². The van der Waals surface area contributed by atoms with E-state index in [4.69, 9.17) is 23.7 Å². The number of carbonyl (C=O) groups is 3. The van der Waals surface area contributed by atoms with E-state index in [0.717, 1.165) is 18.4 Å². The molecule has 10 heteroatoms. The molecule has 1 saturated heterocycles. The number of benzene rings is 1. The molecule has 0 amide bonds. The number of rotatable bonds is 14. The number of fused-ring (bicyclic) bond motifs is 2. The van der Waals surface area contributed by atoms with E-state index in [1.807, 2.05) is 39.8 Å². The van der Waals surface area contributed by atoms with Gasteiger partial charge in [0.25, 0.3) is 0 Å². The number of hydrogen-bond acceptors (Lipinski definition) is 10. The molecule has 3 heterocycles. The maximum absolute atomic E-state index is 15.4. The highest BCUT2D eigenvalue weighted by atomic mass is 16.6. The third-order valence-electron chi connectivity index (χ3n) is 11.4. The molecule has 6 aliphatic rings. The molecule has 5 unspecified atom stereocenters. The lowest BCUT2D eigenvalue weighted by Crippen LogP contribution is -2.72. The summed E-state index contributed by atoms with van der Waals surface area (Å²) in [4.78, 5) is 42.5. The lowest BCUT2D eigenvalue weighted by Gasteiger charge is -2.56. The van der Waals surface area contributed by atoms with Crippen LogP contribution in [-0.4, -0.2) is 78.5 Å². The van der Waals surface area contributed by atoms with Crippen molar-refractivity contribution in [1.29, 1.82) is 0 Å². The second kappa shape index (κ2) is 14.3. The quantitative estimate of drug-likeness (QED) is 0.0938. The van der Waals surface area contributed by atoms with Gasteiger partial charge in [0.05, 0.1) is 24.9 Å². The number of carbonyl (C=O) groups excluding carboxylic acids is 3. The van der Waals surface area contributed by atoms with Crippen LogP contribution in [0, 0.1) is 11.8 Å². The van der Waals surface area contributed by atoms with Gasteiger partial charge in [-0.25, -0.2) is 4.79 Å². The molecule has 0 radical (unpaired) electrons. The van der Waals surface area contributed by atoms with Gasteiger partial charge in [0.15, 0.2) is 22.8 Å². The standard InChI is InChI=1S/C43H55NO9/c1-25(2)11-10-16-41(8)17-15-30-35(51-41)29(13-12-26(3)4)37-33(36(30)50-22-20-44-19-21-45)34(46)31-23-28-24-32-40(6,7)53-42(38(28)47,43(31,32)52-37)18-14-27(5)39(48)49-9/h11-12,14-15,17,23,28,32,44-45H,10,13,16,18-22,24H2,1-9H3. The fourth-order valence-electron chi connectivity index (χ4n) is 8.89. The lowest BCUT2D eigenvalue weighted by atomic mass is 9.51. The Morgan fingerprint density at radius 2 is 1.75 bits per heavy atom. The van der Waals surface area contributed by atoms with Crippen LogP contribution in [-0.2, 0) is 25.5 Å². The first-order valence-corrected chi connectivity index (χ1v) is 18.8. The Morgan fingerprint density at radius 3 is 2.43 bits per heavy atom. The Bertz CT molecular complexity index is 1860. The van der Waals surface area contributed by atoms with Crippen LogP contribution in [0.2, 0.25) is 0 Å². The Labute approximate surface area is 313 Å². The Balaban J connectivity index is 1.60. The molecule has 5 atom stereocenters. The highest BCUT2D eigenvalue weighted by Crippen LogP contribution is 2.68. The maximum atomic E-state index is 15.4. The molecule has 0 aromatic heterocycles. The fourth-order valence-corrected chi connectivity index (χ4v) is 8.89. The van der Waals surface area contributed by atoms with Gasteiger partial charge in [-0.1, -0.05) is 35.5 Å². The molecule has 286 valence electrons. The van der Waals surface area contributed by atoms with Crippen molar-refractivity contribution in [3.05, 3.63) is 69.4 Å². The number of aliphatic hydroxyl groups is 1. The molecule has 2 N–H and O–H groups in total. The van der Waals surface area contributed by atoms with Crippen molar-refractivity contribution < 1.29 is 43.2 Å². The van der Waals surface area contributed by atoms with Crippen molar-refractivity contribution in [2.75, 3.05) is 33.4 Å². The van der Waals surface area contributed by atoms with Crippen LogP contribution < -0.4 is 19.5 Å². The minimum atomic E-state index is -1.57. The molecule has 3 aliphatic heterocycles. The lowest BCUT2D eigenvalue weighted by molar-refractivity contribution is -0.171. The van der Waals surface area contributed by atoms with Crippen molar-refractivity contribution >= 4 is 23.6 Å². The van der Waals surface area contributed by atoms with Crippen LogP contribution >= 0.6 is 0 Å². The number of Topliss-reactive ketones (excluding diaryl/α,β-unsaturated/α-hetero) is 2. The predicted molar refractivity (Wildman–Crippen MR) is 202 cm³/mol. The van der Waals surface area contributed by atoms with Crippen molar-refractivity contribution in [2.45, 2.75) is 110 Å². The van der Waals surface area contributed by atoms with Crippen LogP contribution in [0.15, 0.2) is 52.7 Å². The normalized spacial score (nSPS) is 28.6. The summed E-state index contributed by atoms with van der Waals surface area (Å²) in [5.41, 5.74) is 0.169. The smallest absolute Gasteiger partial charge is 0.333 e. The zero-order valence-electron chi connectivity index (χ0n) is 32.7. The summed E-state index contributed by atoms with van der Waals surface area (Å²) in [6, 6.07) is 0. The number of ketones is 2. The van der Waals surface area contributed by atoms with E-state index in [1.165, 1.54) is 12.7 Å². The number of hydrogen-bond donors (Lipinski definition) is 2. The predicted octanol–water partition coefficient (Wildman–Crippen LogP) is 6.58. The number of nitrogens with one attached hydrogen (secondary N) is 1. The third-order valence-corrected chi connectivity index (χ3v) is 11.4. The number of aliphatic hydroxyl groups excluding tert-OH is 1. The molecule has 1 aromatic carbocycles. The zero-order valence-corrected chi connectivity index (χ0v) is 32.7. The third kappa shape index (κ3) is 6.40. The molecule has 1 aromatic rings. The van der Waals surface area contributed by atoms with Crippen molar-refractivity contribution in [2.24, 2.45) is 11.8 Å². The number of allylic oxidation sites excluding steroid dienone is 5. The van der Waals surface area contributed by atoms with Gasteiger partial charge in [0.2, 0.25) is 0 Å². The second-order valence-corrected chi connectivity index (χ2v) is 16.3. The van der Waals surface area contributed by atoms with E-state index in [9.17, 15) is 14.7 Å². The zero-order chi connectivity index (χ0) is 38.5. The first kappa shape index (κ1) is 38.7. The SMILES string of the molecule is COC(=O)C(C)=CCC12OC(C)(C)C3CC(C=C4C(=O)c5c(OCCNCCO)c6c(c(CC=C(C)C)c5OC431)OC(C)(CCC=C(C)C)C=C6)C2=O. The van der Waals surface area contributed by atoms with Crippen molar-refractivity contribution in [1.82, 2.24) is 5.32 Å². The average molecular weight is 730 g/mol. The molecule has 4 bridgehead atoms. The molecule has 1 saturated carbocycles. The van der Waals surface area contributed by atoms with Gasteiger partial charge in [-0.15, -0.1) is 0 Å². The van der Waals surface area contributed by atoms with Crippen molar-refractivity contribution in [3.8, 4) is 17.2 Å². The second-order valence-electron chi connectivity index (χ2n) is 16.3. The minimum absolute atomic E-state index is 0.0100. The maximum Gasteiger partial charge on any atom is 0.333 e. The number of ether oxygens (including phenoxy) is 5. The first-order valence-electron chi connectivity index (χ1n) is 18.8. The molecule has 7 rings (SSSR count). The summed E-state index contributed by atoms with van der Waals surface area (Å²) < 4.78 is 32.8. The molecule has 53 heavy (non-hydrogen) atoms. The Hall–Kier alpha value is -3.99. The van der Waals surface area contributed by atoms with Crippen LogP contribution in [0.25, 0.3) is 6.08 Å². The molecule has 3 aliphatic carbocycles. The van der Waals surface area contributed by atoms with E-state index < -0.39 is 34.3 Å².